The Morgan fingerprint density at radius 1 is 0.900 bits per heavy atom. The highest BCUT2D eigenvalue weighted by Gasteiger charge is 2.29. The SMILES string of the molecule is O=C(O)CCCCCC(NC(=O)OCC1c2ccccc2-c2ccccc21)C(=O)O. The molecule has 0 heterocycles. The lowest BCUT2D eigenvalue weighted by Gasteiger charge is -2.17. The molecule has 3 rings (SSSR count). The fraction of sp³-hybridized carbons (Fsp3) is 0.348. The van der Waals surface area contributed by atoms with Crippen molar-refractivity contribution >= 4 is 18.0 Å². The van der Waals surface area contributed by atoms with Crippen LogP contribution in [-0.2, 0) is 14.3 Å². The third kappa shape index (κ3) is 5.17. The highest BCUT2D eigenvalue weighted by Crippen LogP contribution is 2.44. The number of carbonyl (C=O) groups excluding carboxylic acids is 1. The molecular weight excluding hydrogens is 386 g/mol. The lowest BCUT2D eigenvalue weighted by atomic mass is 9.98. The van der Waals surface area contributed by atoms with E-state index in [0.29, 0.717) is 19.3 Å². The molecule has 1 unspecified atom stereocenters. The molecule has 1 aliphatic rings. The van der Waals surface area contributed by atoms with Crippen LogP contribution in [0.1, 0.15) is 49.1 Å². The number of unbranched alkanes of at least 4 members (excludes halogenated alkanes) is 2. The maximum Gasteiger partial charge on any atom is 0.407 e. The van der Waals surface area contributed by atoms with E-state index in [2.05, 4.69) is 5.32 Å². The van der Waals surface area contributed by atoms with Gasteiger partial charge in [-0.15, -0.1) is 0 Å². The minimum Gasteiger partial charge on any atom is -0.481 e. The highest BCUT2D eigenvalue weighted by atomic mass is 16.5. The van der Waals surface area contributed by atoms with Crippen molar-refractivity contribution in [3.8, 4) is 11.1 Å². The standard InChI is InChI=1S/C23H25NO6/c25-21(26)13-3-1-2-12-20(22(27)28)24-23(29)30-14-19-17-10-6-4-8-15(17)16-9-5-7-11-18(16)19/h4-11,19-20H,1-3,12-14H2,(H,24,29)(H,25,26)(H,27,28). The summed E-state index contributed by atoms with van der Waals surface area (Å²) >= 11 is 0. The number of carbonyl (C=O) groups is 3. The second kappa shape index (κ2) is 9.91. The Kier molecular flexibility index (Phi) is 7.06. The Morgan fingerprint density at radius 3 is 2.07 bits per heavy atom. The number of carboxylic acid groups (broad SMARTS) is 2. The Morgan fingerprint density at radius 2 is 1.50 bits per heavy atom. The number of amides is 1. The van der Waals surface area contributed by atoms with Gasteiger partial charge in [-0.05, 0) is 35.1 Å². The Labute approximate surface area is 174 Å². The molecule has 7 nitrogen and oxygen atoms in total. The van der Waals surface area contributed by atoms with E-state index in [1.807, 2.05) is 48.5 Å². The number of fused-ring (bicyclic) bond motifs is 3. The number of hydrogen-bond acceptors (Lipinski definition) is 4. The number of ether oxygens (including phenoxy) is 1. The summed E-state index contributed by atoms with van der Waals surface area (Å²) in [5, 5.41) is 20.4. The van der Waals surface area contributed by atoms with Crippen molar-refractivity contribution in [2.24, 2.45) is 0 Å². The molecule has 1 amide bonds. The van der Waals surface area contributed by atoms with Crippen LogP contribution in [0.15, 0.2) is 48.5 Å². The second-order valence-electron chi connectivity index (χ2n) is 7.35. The predicted octanol–water partition coefficient (Wildman–Crippen LogP) is 4.01. The van der Waals surface area contributed by atoms with E-state index in [0.717, 1.165) is 22.3 Å². The van der Waals surface area contributed by atoms with E-state index >= 15 is 0 Å². The van der Waals surface area contributed by atoms with Crippen molar-refractivity contribution < 1.29 is 29.3 Å². The lowest BCUT2D eigenvalue weighted by Crippen LogP contribution is -2.41. The van der Waals surface area contributed by atoms with Crippen LogP contribution in [0.2, 0.25) is 0 Å². The topological polar surface area (TPSA) is 113 Å². The molecule has 0 aromatic heterocycles. The summed E-state index contributed by atoms with van der Waals surface area (Å²) in [5.41, 5.74) is 4.40. The molecule has 1 atom stereocenters. The zero-order valence-corrected chi connectivity index (χ0v) is 16.5. The fourth-order valence-electron chi connectivity index (χ4n) is 3.84. The summed E-state index contributed by atoms with van der Waals surface area (Å²) in [6.07, 6.45) is 1.08. The van der Waals surface area contributed by atoms with Gasteiger partial charge in [0, 0.05) is 12.3 Å². The smallest absolute Gasteiger partial charge is 0.407 e. The van der Waals surface area contributed by atoms with Crippen LogP contribution in [0.25, 0.3) is 11.1 Å². The molecule has 158 valence electrons. The molecule has 0 fully saturated rings. The molecule has 0 bridgehead atoms. The molecule has 0 saturated carbocycles. The van der Waals surface area contributed by atoms with Crippen molar-refractivity contribution in [3.05, 3.63) is 59.7 Å². The molecule has 0 saturated heterocycles. The van der Waals surface area contributed by atoms with Crippen LogP contribution in [0.5, 0.6) is 0 Å². The van der Waals surface area contributed by atoms with Gasteiger partial charge >= 0.3 is 18.0 Å². The number of carboxylic acids is 2. The molecule has 7 heteroatoms. The van der Waals surface area contributed by atoms with Crippen LogP contribution in [0, 0.1) is 0 Å². The minimum absolute atomic E-state index is 0.0531. The summed E-state index contributed by atoms with van der Waals surface area (Å²) in [5.74, 6) is -2.11. The molecule has 0 radical (unpaired) electrons. The Balaban J connectivity index is 1.54. The van der Waals surface area contributed by atoms with Gasteiger partial charge in [-0.2, -0.15) is 0 Å². The normalized spacial score (nSPS) is 13.2. The number of benzene rings is 2. The van der Waals surface area contributed by atoms with Gasteiger partial charge in [0.1, 0.15) is 12.6 Å². The summed E-state index contributed by atoms with van der Waals surface area (Å²) in [6.45, 7) is 0.116. The van der Waals surface area contributed by atoms with Gasteiger partial charge in [-0.3, -0.25) is 4.79 Å². The molecule has 2 aromatic carbocycles. The molecule has 0 spiro atoms. The average Bonchev–Trinajstić information content (AvgIpc) is 3.04. The zero-order chi connectivity index (χ0) is 21.5. The molecule has 0 aliphatic heterocycles. The number of aliphatic carboxylic acids is 2. The van der Waals surface area contributed by atoms with Gasteiger partial charge < -0.3 is 20.3 Å². The van der Waals surface area contributed by atoms with Crippen LogP contribution >= 0.6 is 0 Å². The van der Waals surface area contributed by atoms with Crippen molar-refractivity contribution in [1.29, 1.82) is 0 Å². The van der Waals surface area contributed by atoms with Gasteiger partial charge in [-0.1, -0.05) is 61.4 Å². The lowest BCUT2D eigenvalue weighted by molar-refractivity contribution is -0.140. The van der Waals surface area contributed by atoms with Gasteiger partial charge in [0.2, 0.25) is 0 Å². The van der Waals surface area contributed by atoms with Crippen LogP contribution < -0.4 is 5.32 Å². The first-order valence-electron chi connectivity index (χ1n) is 10.0. The third-order valence-corrected chi connectivity index (χ3v) is 5.32. The monoisotopic (exact) mass is 411 g/mol. The summed E-state index contributed by atoms with van der Waals surface area (Å²) in [6, 6.07) is 14.9. The Bertz CT molecular complexity index is 880. The first-order chi connectivity index (χ1) is 14.5. The van der Waals surface area contributed by atoms with E-state index in [-0.39, 0.29) is 25.4 Å². The third-order valence-electron chi connectivity index (χ3n) is 5.32. The van der Waals surface area contributed by atoms with Gasteiger partial charge in [0.05, 0.1) is 0 Å². The quantitative estimate of drug-likeness (QED) is 0.509. The van der Waals surface area contributed by atoms with Gasteiger partial charge in [0.15, 0.2) is 0 Å². The fourth-order valence-corrected chi connectivity index (χ4v) is 3.84. The zero-order valence-electron chi connectivity index (χ0n) is 16.5. The summed E-state index contributed by atoms with van der Waals surface area (Å²) in [7, 11) is 0. The van der Waals surface area contributed by atoms with Crippen molar-refractivity contribution in [2.45, 2.75) is 44.1 Å². The molecule has 3 N–H and O–H groups in total. The van der Waals surface area contributed by atoms with Crippen LogP contribution in [-0.4, -0.2) is 40.9 Å². The number of hydrogen-bond donors (Lipinski definition) is 3. The van der Waals surface area contributed by atoms with Crippen molar-refractivity contribution in [1.82, 2.24) is 5.32 Å². The van der Waals surface area contributed by atoms with E-state index in [4.69, 9.17) is 9.84 Å². The molecule has 30 heavy (non-hydrogen) atoms. The molecular formula is C23H25NO6. The van der Waals surface area contributed by atoms with Gasteiger partial charge in [0.25, 0.3) is 0 Å². The highest BCUT2D eigenvalue weighted by molar-refractivity contribution is 5.81. The van der Waals surface area contributed by atoms with E-state index < -0.39 is 24.1 Å². The summed E-state index contributed by atoms with van der Waals surface area (Å²) in [4.78, 5) is 34.2. The van der Waals surface area contributed by atoms with Crippen LogP contribution in [0.3, 0.4) is 0 Å². The largest absolute Gasteiger partial charge is 0.481 e. The average molecular weight is 411 g/mol. The second-order valence-corrected chi connectivity index (χ2v) is 7.35. The maximum atomic E-state index is 12.2. The van der Waals surface area contributed by atoms with Crippen molar-refractivity contribution in [3.63, 3.8) is 0 Å². The van der Waals surface area contributed by atoms with Crippen LogP contribution in [0.4, 0.5) is 4.79 Å². The van der Waals surface area contributed by atoms with Crippen molar-refractivity contribution in [2.75, 3.05) is 6.61 Å². The number of nitrogens with one attached hydrogen (secondary N) is 1. The number of alkyl carbamates (subject to hydrolysis) is 1. The van der Waals surface area contributed by atoms with Gasteiger partial charge in [-0.25, -0.2) is 9.59 Å². The Hall–Kier alpha value is -3.35. The molecule has 1 aliphatic carbocycles. The predicted molar refractivity (Wildman–Crippen MR) is 110 cm³/mol. The first-order valence-corrected chi connectivity index (χ1v) is 10.0. The maximum absolute atomic E-state index is 12.2. The molecule has 2 aromatic rings. The first kappa shape index (κ1) is 21.4. The number of rotatable bonds is 10. The summed E-state index contributed by atoms with van der Waals surface area (Å²) < 4.78 is 5.39. The van der Waals surface area contributed by atoms with E-state index in [9.17, 15) is 19.5 Å². The van der Waals surface area contributed by atoms with E-state index in [1.54, 1.807) is 0 Å². The minimum atomic E-state index is -1.14. The van der Waals surface area contributed by atoms with E-state index in [1.165, 1.54) is 0 Å².